The summed E-state index contributed by atoms with van der Waals surface area (Å²) in [5.41, 5.74) is 12.7. The van der Waals surface area contributed by atoms with Crippen molar-refractivity contribution in [2.24, 2.45) is 0 Å². The van der Waals surface area contributed by atoms with Crippen LogP contribution in [0.2, 0.25) is 0 Å². The third-order valence-electron chi connectivity index (χ3n) is 2.53. The number of anilines is 2. The Kier molecular flexibility index (Phi) is 3.47. The van der Waals surface area contributed by atoms with Crippen LogP contribution in [-0.4, -0.2) is 22.0 Å². The first-order valence-corrected chi connectivity index (χ1v) is 5.56. The van der Waals surface area contributed by atoms with E-state index in [0.717, 1.165) is 0 Å². The normalized spacial score (nSPS) is 10.2. The van der Waals surface area contributed by atoms with Crippen LogP contribution in [0.3, 0.4) is 0 Å². The first kappa shape index (κ1) is 12.0. The van der Waals surface area contributed by atoms with Gasteiger partial charge in [-0.1, -0.05) is 0 Å². The largest absolute Gasteiger partial charge is 0.399 e. The Morgan fingerprint density at radius 1 is 1.39 bits per heavy atom. The molecule has 6 heteroatoms. The predicted octanol–water partition coefficient (Wildman–Crippen LogP) is 0.477. The lowest BCUT2D eigenvalue weighted by Crippen LogP contribution is -2.27. The molecule has 18 heavy (non-hydrogen) atoms. The van der Waals surface area contributed by atoms with E-state index in [9.17, 15) is 4.79 Å². The van der Waals surface area contributed by atoms with E-state index in [-0.39, 0.29) is 5.91 Å². The van der Waals surface area contributed by atoms with Crippen LogP contribution in [0.1, 0.15) is 10.4 Å². The molecule has 0 fully saturated rings. The van der Waals surface area contributed by atoms with E-state index in [1.54, 1.807) is 30.7 Å². The number of nitrogen functional groups attached to an aromatic ring is 2. The molecular formula is C12H15N5O. The van der Waals surface area contributed by atoms with Crippen molar-refractivity contribution in [1.29, 1.82) is 0 Å². The van der Waals surface area contributed by atoms with Gasteiger partial charge in [-0.25, -0.2) is 4.98 Å². The van der Waals surface area contributed by atoms with Gasteiger partial charge in [0.1, 0.15) is 0 Å². The molecule has 0 atom stereocenters. The highest BCUT2D eigenvalue weighted by atomic mass is 16.1. The molecule has 1 heterocycles. The standard InChI is InChI=1S/C12H15N5O/c13-9-1-2-10(11(14)7-9)12(18)16-4-6-17-5-3-15-8-17/h1-3,5,7-8H,4,6,13-14H2,(H,16,18). The molecule has 1 aromatic heterocycles. The summed E-state index contributed by atoms with van der Waals surface area (Å²) in [6, 6.07) is 4.85. The van der Waals surface area contributed by atoms with Gasteiger partial charge >= 0.3 is 0 Å². The maximum absolute atomic E-state index is 11.8. The molecule has 0 saturated heterocycles. The number of nitrogens with zero attached hydrogens (tertiary/aromatic N) is 2. The first-order valence-electron chi connectivity index (χ1n) is 5.56. The van der Waals surface area contributed by atoms with Crippen molar-refractivity contribution >= 4 is 17.3 Å². The van der Waals surface area contributed by atoms with Gasteiger partial charge < -0.3 is 21.4 Å². The van der Waals surface area contributed by atoms with E-state index in [4.69, 9.17) is 11.5 Å². The van der Waals surface area contributed by atoms with Gasteiger partial charge in [0, 0.05) is 36.9 Å². The van der Waals surface area contributed by atoms with Crippen LogP contribution in [-0.2, 0) is 6.54 Å². The molecule has 0 aliphatic carbocycles. The summed E-state index contributed by atoms with van der Waals surface area (Å²) in [5, 5.41) is 2.79. The molecule has 0 spiro atoms. The molecule has 0 aliphatic heterocycles. The highest BCUT2D eigenvalue weighted by Crippen LogP contribution is 2.15. The Morgan fingerprint density at radius 2 is 2.22 bits per heavy atom. The Morgan fingerprint density at radius 3 is 2.89 bits per heavy atom. The number of benzene rings is 1. The number of aromatic nitrogens is 2. The smallest absolute Gasteiger partial charge is 0.253 e. The molecule has 0 aliphatic rings. The van der Waals surface area contributed by atoms with Gasteiger partial charge in [-0.05, 0) is 18.2 Å². The third-order valence-corrected chi connectivity index (χ3v) is 2.53. The van der Waals surface area contributed by atoms with Crippen LogP contribution in [0, 0.1) is 0 Å². The lowest BCUT2D eigenvalue weighted by atomic mass is 10.1. The van der Waals surface area contributed by atoms with E-state index >= 15 is 0 Å². The van der Waals surface area contributed by atoms with Crippen LogP contribution in [0.4, 0.5) is 11.4 Å². The number of amides is 1. The van der Waals surface area contributed by atoms with Crippen molar-refractivity contribution in [1.82, 2.24) is 14.9 Å². The second kappa shape index (κ2) is 5.22. The average Bonchev–Trinajstić information content (AvgIpc) is 2.81. The average molecular weight is 245 g/mol. The summed E-state index contributed by atoms with van der Waals surface area (Å²) in [6.45, 7) is 1.18. The lowest BCUT2D eigenvalue weighted by Gasteiger charge is -2.08. The number of hydrogen-bond donors (Lipinski definition) is 3. The molecule has 2 aromatic rings. The first-order chi connectivity index (χ1) is 8.66. The highest BCUT2D eigenvalue weighted by Gasteiger charge is 2.08. The van der Waals surface area contributed by atoms with Gasteiger partial charge in [0.15, 0.2) is 0 Å². The van der Waals surface area contributed by atoms with Crippen molar-refractivity contribution in [3.05, 3.63) is 42.5 Å². The van der Waals surface area contributed by atoms with Crippen LogP contribution < -0.4 is 16.8 Å². The maximum Gasteiger partial charge on any atom is 0.253 e. The Labute approximate surface area is 105 Å². The van der Waals surface area contributed by atoms with Gasteiger partial charge in [0.25, 0.3) is 5.91 Å². The van der Waals surface area contributed by atoms with E-state index < -0.39 is 0 Å². The van der Waals surface area contributed by atoms with E-state index in [1.165, 1.54) is 0 Å². The minimum Gasteiger partial charge on any atom is -0.399 e. The van der Waals surface area contributed by atoms with Gasteiger partial charge in [0.05, 0.1) is 11.9 Å². The summed E-state index contributed by atoms with van der Waals surface area (Å²) in [5.74, 6) is -0.201. The maximum atomic E-state index is 11.8. The second-order valence-corrected chi connectivity index (χ2v) is 3.90. The van der Waals surface area contributed by atoms with Crippen LogP contribution in [0.25, 0.3) is 0 Å². The van der Waals surface area contributed by atoms with Crippen LogP contribution in [0.5, 0.6) is 0 Å². The van der Waals surface area contributed by atoms with E-state index in [0.29, 0.717) is 30.0 Å². The Bertz CT molecular complexity index is 535. The second-order valence-electron chi connectivity index (χ2n) is 3.90. The summed E-state index contributed by atoms with van der Waals surface area (Å²) < 4.78 is 1.88. The van der Waals surface area contributed by atoms with E-state index in [1.807, 2.05) is 10.8 Å². The molecule has 1 aromatic carbocycles. The monoisotopic (exact) mass is 245 g/mol. The SMILES string of the molecule is Nc1ccc(C(=O)NCCn2ccnc2)c(N)c1. The molecule has 0 unspecified atom stereocenters. The molecule has 1 amide bonds. The number of rotatable bonds is 4. The van der Waals surface area contributed by atoms with Gasteiger partial charge in [-0.15, -0.1) is 0 Å². The highest BCUT2D eigenvalue weighted by molar-refractivity contribution is 5.99. The minimum absolute atomic E-state index is 0.201. The van der Waals surface area contributed by atoms with Crippen LogP contribution in [0.15, 0.2) is 36.9 Å². The predicted molar refractivity (Wildman–Crippen MR) is 69.8 cm³/mol. The van der Waals surface area contributed by atoms with Crippen molar-refractivity contribution in [2.45, 2.75) is 6.54 Å². The Hall–Kier alpha value is -2.50. The zero-order valence-corrected chi connectivity index (χ0v) is 9.84. The van der Waals surface area contributed by atoms with Crippen molar-refractivity contribution < 1.29 is 4.79 Å². The molecule has 0 bridgehead atoms. The van der Waals surface area contributed by atoms with Crippen molar-refractivity contribution in [2.75, 3.05) is 18.0 Å². The summed E-state index contributed by atoms with van der Waals surface area (Å²) in [4.78, 5) is 15.8. The third kappa shape index (κ3) is 2.79. The molecule has 2 rings (SSSR count). The number of nitrogens with two attached hydrogens (primary N) is 2. The zero-order valence-electron chi connectivity index (χ0n) is 9.84. The zero-order chi connectivity index (χ0) is 13.0. The van der Waals surface area contributed by atoms with Gasteiger partial charge in [0.2, 0.25) is 0 Å². The number of imidazole rings is 1. The number of hydrogen-bond acceptors (Lipinski definition) is 4. The fraction of sp³-hybridized carbons (Fsp3) is 0.167. The fourth-order valence-corrected chi connectivity index (χ4v) is 1.60. The molecule has 5 N–H and O–H groups in total. The molecule has 0 radical (unpaired) electrons. The minimum atomic E-state index is -0.201. The molecule has 94 valence electrons. The molecular weight excluding hydrogens is 230 g/mol. The van der Waals surface area contributed by atoms with Gasteiger partial charge in [-0.2, -0.15) is 0 Å². The van der Waals surface area contributed by atoms with Crippen molar-refractivity contribution in [3.63, 3.8) is 0 Å². The number of carbonyl (C=O) groups excluding carboxylic acids is 1. The summed E-state index contributed by atoms with van der Waals surface area (Å²) in [6.07, 6.45) is 5.23. The van der Waals surface area contributed by atoms with E-state index in [2.05, 4.69) is 10.3 Å². The van der Waals surface area contributed by atoms with Crippen LogP contribution >= 0.6 is 0 Å². The summed E-state index contributed by atoms with van der Waals surface area (Å²) in [7, 11) is 0. The number of nitrogens with one attached hydrogen (secondary N) is 1. The summed E-state index contributed by atoms with van der Waals surface area (Å²) >= 11 is 0. The topological polar surface area (TPSA) is 99.0 Å². The molecule has 0 saturated carbocycles. The van der Waals surface area contributed by atoms with Gasteiger partial charge in [-0.3, -0.25) is 4.79 Å². The molecule has 6 nitrogen and oxygen atoms in total. The quantitative estimate of drug-likeness (QED) is 0.682. The Balaban J connectivity index is 1.91. The number of carbonyl (C=O) groups is 1. The fourth-order valence-electron chi connectivity index (χ4n) is 1.60. The van der Waals surface area contributed by atoms with Crippen molar-refractivity contribution in [3.8, 4) is 0 Å². The lowest BCUT2D eigenvalue weighted by molar-refractivity contribution is 0.0953.